The minimum Gasteiger partial charge on any atom is -0.394 e. The lowest BCUT2D eigenvalue weighted by atomic mass is 10.2. The largest absolute Gasteiger partial charge is 0.394 e. The Balaban J connectivity index is 3.60. The van der Waals surface area contributed by atoms with E-state index >= 15 is 0 Å². The van der Waals surface area contributed by atoms with Crippen LogP contribution in [0.2, 0.25) is 0 Å². The van der Waals surface area contributed by atoms with Crippen LogP contribution in [0.3, 0.4) is 0 Å². The van der Waals surface area contributed by atoms with Crippen molar-refractivity contribution in [1.29, 1.82) is 0 Å². The predicted octanol–water partition coefficient (Wildman–Crippen LogP) is -1.75. The van der Waals surface area contributed by atoms with E-state index in [0.29, 0.717) is 0 Å². The zero-order valence-corrected chi connectivity index (χ0v) is 5.51. The highest BCUT2D eigenvalue weighted by Crippen LogP contribution is 1.93. The first-order valence-corrected chi connectivity index (χ1v) is 2.97. The smallest absolute Gasteiger partial charge is 0.106 e. The molecule has 4 heteroatoms. The summed E-state index contributed by atoms with van der Waals surface area (Å²) in [5.41, 5.74) is 0. The highest BCUT2D eigenvalue weighted by molar-refractivity contribution is 4.91. The van der Waals surface area contributed by atoms with Crippen molar-refractivity contribution < 1.29 is 20.4 Å². The molecule has 2 unspecified atom stereocenters. The lowest BCUT2D eigenvalue weighted by Gasteiger charge is -2.09. The van der Waals surface area contributed by atoms with E-state index in [1.54, 1.807) is 0 Å². The fourth-order valence-electron chi connectivity index (χ4n) is 0.437. The summed E-state index contributed by atoms with van der Waals surface area (Å²) in [5, 5.41) is 34.1. The van der Waals surface area contributed by atoms with Gasteiger partial charge in [-0.3, -0.25) is 0 Å². The van der Waals surface area contributed by atoms with E-state index in [0.717, 1.165) is 0 Å². The molecule has 60 valence electrons. The van der Waals surface area contributed by atoms with Crippen LogP contribution in [0.4, 0.5) is 0 Å². The van der Waals surface area contributed by atoms with E-state index in [2.05, 4.69) is 0 Å². The van der Waals surface area contributed by atoms with Gasteiger partial charge in [-0.2, -0.15) is 0 Å². The Hall–Kier alpha value is -0.420. The molecule has 0 aromatic heterocycles. The standard InChI is InChI=1S/C6H12O4/c7-3-1-2-5(9)6(10)4-8/h1-2,5-10H,3-4H2/b2-1+. The first-order chi connectivity index (χ1) is 4.72. The van der Waals surface area contributed by atoms with Gasteiger partial charge in [-0.25, -0.2) is 0 Å². The van der Waals surface area contributed by atoms with E-state index in [-0.39, 0.29) is 6.61 Å². The van der Waals surface area contributed by atoms with Crippen LogP contribution in [0.5, 0.6) is 0 Å². The number of aliphatic hydroxyl groups excluding tert-OH is 4. The molecule has 4 N–H and O–H groups in total. The maximum absolute atomic E-state index is 8.84. The Kier molecular flexibility index (Phi) is 5.15. The van der Waals surface area contributed by atoms with Crippen molar-refractivity contribution in [1.82, 2.24) is 0 Å². The van der Waals surface area contributed by atoms with E-state index in [4.69, 9.17) is 20.4 Å². The first-order valence-electron chi connectivity index (χ1n) is 2.97. The Morgan fingerprint density at radius 1 is 1.20 bits per heavy atom. The van der Waals surface area contributed by atoms with Gasteiger partial charge in [0.25, 0.3) is 0 Å². The molecule has 2 atom stereocenters. The van der Waals surface area contributed by atoms with Crippen LogP contribution < -0.4 is 0 Å². The SMILES string of the molecule is OC/C=C/C(O)C(O)CO. The first kappa shape index (κ1) is 9.58. The van der Waals surface area contributed by atoms with Gasteiger partial charge in [0.05, 0.1) is 13.2 Å². The van der Waals surface area contributed by atoms with Gasteiger partial charge < -0.3 is 20.4 Å². The second-order valence-corrected chi connectivity index (χ2v) is 1.85. The van der Waals surface area contributed by atoms with Crippen LogP contribution in [0.25, 0.3) is 0 Å². The summed E-state index contributed by atoms with van der Waals surface area (Å²) in [4.78, 5) is 0. The summed E-state index contributed by atoms with van der Waals surface area (Å²) in [6.45, 7) is -0.674. The zero-order valence-electron chi connectivity index (χ0n) is 5.51. The summed E-state index contributed by atoms with van der Waals surface area (Å²) in [5.74, 6) is 0. The van der Waals surface area contributed by atoms with E-state index < -0.39 is 18.8 Å². The quantitative estimate of drug-likeness (QED) is 0.356. The number of aliphatic hydroxyl groups is 4. The van der Waals surface area contributed by atoms with Crippen molar-refractivity contribution in [2.45, 2.75) is 12.2 Å². The lowest BCUT2D eigenvalue weighted by Crippen LogP contribution is -2.27. The molecule has 0 fully saturated rings. The summed E-state index contributed by atoms with van der Waals surface area (Å²) in [6.07, 6.45) is 0.254. The molecule has 0 aromatic carbocycles. The van der Waals surface area contributed by atoms with Crippen molar-refractivity contribution in [3.8, 4) is 0 Å². The van der Waals surface area contributed by atoms with Gasteiger partial charge in [0, 0.05) is 0 Å². The molecular weight excluding hydrogens is 136 g/mol. The molecule has 0 radical (unpaired) electrons. The Labute approximate surface area is 59.1 Å². The third kappa shape index (κ3) is 3.58. The maximum Gasteiger partial charge on any atom is 0.106 e. The van der Waals surface area contributed by atoms with Gasteiger partial charge >= 0.3 is 0 Å². The van der Waals surface area contributed by atoms with Crippen LogP contribution in [0.15, 0.2) is 12.2 Å². The number of hydrogen-bond acceptors (Lipinski definition) is 4. The van der Waals surface area contributed by atoms with E-state index in [1.807, 2.05) is 0 Å². The van der Waals surface area contributed by atoms with Crippen LogP contribution in [0, 0.1) is 0 Å². The van der Waals surface area contributed by atoms with Crippen LogP contribution >= 0.6 is 0 Å². The summed E-state index contributed by atoms with van der Waals surface area (Å²) >= 11 is 0. The lowest BCUT2D eigenvalue weighted by molar-refractivity contribution is 0.00926. The van der Waals surface area contributed by atoms with Gasteiger partial charge in [0.2, 0.25) is 0 Å². The molecule has 0 spiro atoms. The minimum atomic E-state index is -1.16. The van der Waals surface area contributed by atoms with Gasteiger partial charge in [0.15, 0.2) is 0 Å². The van der Waals surface area contributed by atoms with E-state index in [9.17, 15) is 0 Å². The molecule has 4 nitrogen and oxygen atoms in total. The van der Waals surface area contributed by atoms with Crippen molar-refractivity contribution in [3.63, 3.8) is 0 Å². The molecule has 0 aliphatic carbocycles. The molecule has 0 saturated heterocycles. The molecule has 0 saturated carbocycles. The third-order valence-corrected chi connectivity index (χ3v) is 1.02. The van der Waals surface area contributed by atoms with Gasteiger partial charge in [-0.15, -0.1) is 0 Å². The third-order valence-electron chi connectivity index (χ3n) is 1.02. The summed E-state index contributed by atoms with van der Waals surface area (Å²) in [6, 6.07) is 0. The summed E-state index contributed by atoms with van der Waals surface area (Å²) < 4.78 is 0. The fraction of sp³-hybridized carbons (Fsp3) is 0.667. The second kappa shape index (κ2) is 5.37. The molecule has 0 aliphatic rings. The predicted molar refractivity (Wildman–Crippen MR) is 35.3 cm³/mol. The Morgan fingerprint density at radius 3 is 2.20 bits per heavy atom. The molecule has 0 heterocycles. The van der Waals surface area contributed by atoms with Crippen molar-refractivity contribution in [2.24, 2.45) is 0 Å². The van der Waals surface area contributed by atoms with Crippen LogP contribution in [-0.2, 0) is 0 Å². The van der Waals surface area contributed by atoms with Gasteiger partial charge in [0.1, 0.15) is 12.2 Å². The molecule has 0 aromatic rings. The molecule has 0 bridgehead atoms. The van der Waals surface area contributed by atoms with Crippen LogP contribution in [-0.4, -0.2) is 45.8 Å². The fourth-order valence-corrected chi connectivity index (χ4v) is 0.437. The molecule has 0 aliphatic heterocycles. The zero-order chi connectivity index (χ0) is 7.98. The maximum atomic E-state index is 8.84. The molecule has 0 rings (SSSR count). The normalized spacial score (nSPS) is 17.6. The van der Waals surface area contributed by atoms with Crippen LogP contribution in [0.1, 0.15) is 0 Å². The van der Waals surface area contributed by atoms with Crippen molar-refractivity contribution >= 4 is 0 Å². The average Bonchev–Trinajstić information content (AvgIpc) is 1.98. The summed E-state index contributed by atoms with van der Waals surface area (Å²) in [7, 11) is 0. The monoisotopic (exact) mass is 148 g/mol. The highest BCUT2D eigenvalue weighted by atomic mass is 16.4. The Morgan fingerprint density at radius 2 is 1.80 bits per heavy atom. The number of rotatable bonds is 4. The number of hydrogen-bond donors (Lipinski definition) is 4. The minimum absolute atomic E-state index is 0.185. The molecular formula is C6H12O4. The van der Waals surface area contributed by atoms with E-state index in [1.165, 1.54) is 12.2 Å². The van der Waals surface area contributed by atoms with Crippen molar-refractivity contribution in [3.05, 3.63) is 12.2 Å². The topological polar surface area (TPSA) is 80.9 Å². The van der Waals surface area contributed by atoms with Gasteiger partial charge in [-0.05, 0) is 0 Å². The second-order valence-electron chi connectivity index (χ2n) is 1.85. The average molecular weight is 148 g/mol. The molecule has 10 heavy (non-hydrogen) atoms. The molecule has 0 amide bonds. The van der Waals surface area contributed by atoms with Crippen molar-refractivity contribution in [2.75, 3.05) is 13.2 Å². The Bertz CT molecular complexity index is 102. The van der Waals surface area contributed by atoms with Gasteiger partial charge in [-0.1, -0.05) is 12.2 Å². The highest BCUT2D eigenvalue weighted by Gasteiger charge is 2.10.